The van der Waals surface area contributed by atoms with E-state index in [1.807, 2.05) is 48.3 Å². The lowest BCUT2D eigenvalue weighted by Gasteiger charge is -2.26. The molecular weight excluding hydrogens is 244 g/mol. The van der Waals surface area contributed by atoms with Crippen LogP contribution >= 0.6 is 11.8 Å². The quantitative estimate of drug-likeness (QED) is 0.897. The van der Waals surface area contributed by atoms with E-state index in [1.165, 1.54) is 5.75 Å². The van der Waals surface area contributed by atoms with Crippen molar-refractivity contribution in [3.63, 3.8) is 0 Å². The van der Waals surface area contributed by atoms with Crippen molar-refractivity contribution in [3.05, 3.63) is 42.4 Å². The molecule has 94 valence electrons. The van der Waals surface area contributed by atoms with Crippen molar-refractivity contribution in [2.24, 2.45) is 5.92 Å². The van der Waals surface area contributed by atoms with Crippen LogP contribution in [0.1, 0.15) is 5.89 Å². The van der Waals surface area contributed by atoms with E-state index < -0.39 is 0 Å². The molecule has 3 nitrogen and oxygen atoms in total. The van der Waals surface area contributed by atoms with Gasteiger partial charge in [-0.25, -0.2) is 4.98 Å². The number of hydrogen-bond acceptors (Lipinski definition) is 4. The predicted molar refractivity (Wildman–Crippen MR) is 74.5 cm³/mol. The maximum Gasteiger partial charge on any atom is 0.204 e. The van der Waals surface area contributed by atoms with E-state index in [0.717, 1.165) is 42.0 Å². The summed E-state index contributed by atoms with van der Waals surface area (Å²) in [5.74, 6) is 4.57. The summed E-state index contributed by atoms with van der Waals surface area (Å²) in [6.07, 6.45) is 1.82. The molecule has 1 aromatic carbocycles. The minimum Gasteiger partial charge on any atom is -0.440 e. The number of rotatable bonds is 5. The zero-order valence-electron chi connectivity index (χ0n) is 10.1. The summed E-state index contributed by atoms with van der Waals surface area (Å²) in [6.45, 7) is 2.32. The van der Waals surface area contributed by atoms with E-state index in [2.05, 4.69) is 10.3 Å². The lowest BCUT2D eigenvalue weighted by atomic mass is 10.1. The molecule has 0 bridgehead atoms. The summed E-state index contributed by atoms with van der Waals surface area (Å²) in [6, 6.07) is 10.1. The Morgan fingerprint density at radius 3 is 2.83 bits per heavy atom. The van der Waals surface area contributed by atoms with Gasteiger partial charge < -0.3 is 9.73 Å². The third-order valence-corrected chi connectivity index (χ3v) is 4.22. The molecule has 0 atom stereocenters. The Labute approximate surface area is 111 Å². The summed E-state index contributed by atoms with van der Waals surface area (Å²) >= 11 is 1.90. The van der Waals surface area contributed by atoms with Gasteiger partial charge in [0.1, 0.15) is 0 Å². The van der Waals surface area contributed by atoms with Crippen LogP contribution in [0.5, 0.6) is 0 Å². The van der Waals surface area contributed by atoms with Gasteiger partial charge in [0.25, 0.3) is 0 Å². The van der Waals surface area contributed by atoms with Crippen LogP contribution in [-0.4, -0.2) is 23.8 Å². The second-order valence-electron chi connectivity index (χ2n) is 4.52. The van der Waals surface area contributed by atoms with Crippen molar-refractivity contribution >= 4 is 11.8 Å². The fourth-order valence-corrected chi connectivity index (χ4v) is 2.89. The van der Waals surface area contributed by atoms with Gasteiger partial charge in [-0.05, 0) is 24.8 Å². The molecule has 0 radical (unpaired) electrons. The Hall–Kier alpha value is -1.26. The number of nitrogens with one attached hydrogen (secondary N) is 1. The maximum absolute atomic E-state index is 5.76. The maximum atomic E-state index is 5.76. The Bertz CT molecular complexity index is 494. The zero-order chi connectivity index (χ0) is 12.2. The Morgan fingerprint density at radius 1 is 1.28 bits per heavy atom. The van der Waals surface area contributed by atoms with Crippen LogP contribution in [0.15, 0.2) is 40.9 Å². The first-order valence-electron chi connectivity index (χ1n) is 6.20. The van der Waals surface area contributed by atoms with Gasteiger partial charge in [-0.3, -0.25) is 0 Å². The molecule has 0 spiro atoms. The van der Waals surface area contributed by atoms with Gasteiger partial charge >= 0.3 is 0 Å². The SMILES string of the molecule is c1ccc(-c2cnc(CSCC3CNC3)o2)cc1. The smallest absolute Gasteiger partial charge is 0.204 e. The van der Waals surface area contributed by atoms with Gasteiger partial charge in [-0.1, -0.05) is 30.3 Å². The van der Waals surface area contributed by atoms with Crippen LogP contribution < -0.4 is 5.32 Å². The summed E-state index contributed by atoms with van der Waals surface area (Å²) < 4.78 is 5.76. The largest absolute Gasteiger partial charge is 0.440 e. The van der Waals surface area contributed by atoms with E-state index in [4.69, 9.17) is 4.42 Å². The fourth-order valence-electron chi connectivity index (χ4n) is 1.89. The Morgan fingerprint density at radius 2 is 2.11 bits per heavy atom. The normalized spacial score (nSPS) is 15.6. The van der Waals surface area contributed by atoms with Crippen molar-refractivity contribution < 1.29 is 4.42 Å². The van der Waals surface area contributed by atoms with Crippen LogP contribution in [0, 0.1) is 5.92 Å². The third kappa shape index (κ3) is 2.76. The number of aromatic nitrogens is 1. The monoisotopic (exact) mass is 260 g/mol. The first-order valence-corrected chi connectivity index (χ1v) is 7.36. The second kappa shape index (κ2) is 5.59. The highest BCUT2D eigenvalue weighted by atomic mass is 32.2. The molecule has 1 fully saturated rings. The minimum absolute atomic E-state index is 0.825. The van der Waals surface area contributed by atoms with Crippen molar-refractivity contribution in [3.8, 4) is 11.3 Å². The molecule has 18 heavy (non-hydrogen) atoms. The molecule has 0 saturated carbocycles. The van der Waals surface area contributed by atoms with Crippen LogP contribution in [-0.2, 0) is 5.75 Å². The highest BCUT2D eigenvalue weighted by molar-refractivity contribution is 7.98. The molecule has 4 heteroatoms. The molecule has 1 saturated heterocycles. The van der Waals surface area contributed by atoms with Crippen LogP contribution in [0.3, 0.4) is 0 Å². The van der Waals surface area contributed by atoms with E-state index in [9.17, 15) is 0 Å². The van der Waals surface area contributed by atoms with Crippen LogP contribution in [0.2, 0.25) is 0 Å². The molecule has 0 unspecified atom stereocenters. The van der Waals surface area contributed by atoms with Gasteiger partial charge in [0.05, 0.1) is 11.9 Å². The third-order valence-electron chi connectivity index (χ3n) is 3.06. The van der Waals surface area contributed by atoms with Gasteiger partial charge in [-0.2, -0.15) is 11.8 Å². The van der Waals surface area contributed by atoms with E-state index >= 15 is 0 Å². The topological polar surface area (TPSA) is 38.1 Å². The number of hydrogen-bond donors (Lipinski definition) is 1. The molecule has 3 rings (SSSR count). The summed E-state index contributed by atoms with van der Waals surface area (Å²) in [4.78, 5) is 4.33. The first kappa shape index (κ1) is 11.8. The molecule has 1 aliphatic heterocycles. The van der Waals surface area contributed by atoms with E-state index in [-0.39, 0.29) is 0 Å². The molecule has 2 heterocycles. The average Bonchev–Trinajstić information content (AvgIpc) is 2.82. The minimum atomic E-state index is 0.825. The molecule has 0 aliphatic carbocycles. The summed E-state index contributed by atoms with van der Waals surface area (Å²) in [5, 5.41) is 3.28. The van der Waals surface area contributed by atoms with E-state index in [0.29, 0.717) is 0 Å². The van der Waals surface area contributed by atoms with Crippen molar-refractivity contribution in [1.82, 2.24) is 10.3 Å². The fraction of sp³-hybridized carbons (Fsp3) is 0.357. The van der Waals surface area contributed by atoms with Gasteiger partial charge in [-0.15, -0.1) is 0 Å². The highest BCUT2D eigenvalue weighted by Gasteiger charge is 2.16. The zero-order valence-corrected chi connectivity index (χ0v) is 11.0. The molecule has 1 N–H and O–H groups in total. The number of nitrogens with zero attached hydrogens (tertiary/aromatic N) is 1. The molecule has 1 aromatic heterocycles. The van der Waals surface area contributed by atoms with Crippen molar-refractivity contribution in [2.75, 3.05) is 18.8 Å². The Kier molecular flexibility index (Phi) is 3.67. The van der Waals surface area contributed by atoms with Crippen molar-refractivity contribution in [2.45, 2.75) is 5.75 Å². The first-order chi connectivity index (χ1) is 8.92. The lowest BCUT2D eigenvalue weighted by Crippen LogP contribution is -2.43. The van der Waals surface area contributed by atoms with Gasteiger partial charge in [0, 0.05) is 5.56 Å². The van der Waals surface area contributed by atoms with Gasteiger partial charge in [0.2, 0.25) is 5.89 Å². The van der Waals surface area contributed by atoms with Crippen molar-refractivity contribution in [1.29, 1.82) is 0 Å². The predicted octanol–water partition coefficient (Wildman–Crippen LogP) is 2.79. The van der Waals surface area contributed by atoms with Crippen LogP contribution in [0.4, 0.5) is 0 Å². The standard InChI is InChI=1S/C14H16N2OS/c1-2-4-12(5-3-1)13-8-16-14(17-13)10-18-9-11-6-15-7-11/h1-5,8,11,15H,6-7,9-10H2. The molecular formula is C14H16N2OS. The van der Waals surface area contributed by atoms with E-state index in [1.54, 1.807) is 0 Å². The second-order valence-corrected chi connectivity index (χ2v) is 5.55. The molecule has 2 aromatic rings. The molecule has 1 aliphatic rings. The van der Waals surface area contributed by atoms with Gasteiger partial charge in [0.15, 0.2) is 5.76 Å². The summed E-state index contributed by atoms with van der Waals surface area (Å²) in [5.41, 5.74) is 1.09. The summed E-state index contributed by atoms with van der Waals surface area (Å²) in [7, 11) is 0. The number of thioether (sulfide) groups is 1. The lowest BCUT2D eigenvalue weighted by molar-refractivity contribution is 0.385. The number of benzene rings is 1. The Balaban J connectivity index is 1.56. The molecule has 0 amide bonds. The number of oxazole rings is 1. The van der Waals surface area contributed by atoms with Crippen LogP contribution in [0.25, 0.3) is 11.3 Å². The average molecular weight is 260 g/mol. The highest BCUT2D eigenvalue weighted by Crippen LogP contribution is 2.23.